The molecule has 4 heteroatoms. The number of fused-ring (bicyclic) bond motifs is 1. The van der Waals surface area contributed by atoms with Gasteiger partial charge in [-0.1, -0.05) is 37.6 Å². The number of aryl methyl sites for hydroxylation is 1. The van der Waals surface area contributed by atoms with Crippen LogP contribution in [0.5, 0.6) is 0 Å². The van der Waals surface area contributed by atoms with Gasteiger partial charge >= 0.3 is 0 Å². The van der Waals surface area contributed by atoms with Crippen molar-refractivity contribution in [3.63, 3.8) is 0 Å². The van der Waals surface area contributed by atoms with Gasteiger partial charge in [-0.25, -0.2) is 0 Å². The van der Waals surface area contributed by atoms with Crippen molar-refractivity contribution in [2.45, 2.75) is 33.1 Å². The number of nitrogens with one attached hydrogen (secondary N) is 1. The molecule has 0 saturated heterocycles. The highest BCUT2D eigenvalue weighted by atomic mass is 35.5. The second-order valence-corrected chi connectivity index (χ2v) is 6.52. The van der Waals surface area contributed by atoms with Crippen molar-refractivity contribution in [2.75, 3.05) is 5.32 Å². The molecule has 3 aromatic rings. The number of anilines is 1. The molecular weight excluding hydrogens is 322 g/mol. The number of carbonyl (C=O) groups is 1. The van der Waals surface area contributed by atoms with E-state index < -0.39 is 0 Å². The van der Waals surface area contributed by atoms with Gasteiger partial charge in [0.05, 0.1) is 0 Å². The monoisotopic (exact) mass is 341 g/mol. The van der Waals surface area contributed by atoms with Crippen LogP contribution in [0.4, 0.5) is 5.69 Å². The van der Waals surface area contributed by atoms with Crippen LogP contribution >= 0.6 is 11.6 Å². The van der Waals surface area contributed by atoms with Crippen molar-refractivity contribution in [1.82, 2.24) is 0 Å². The van der Waals surface area contributed by atoms with Crippen molar-refractivity contribution in [3.05, 3.63) is 64.4 Å². The van der Waals surface area contributed by atoms with Gasteiger partial charge in [0.2, 0.25) is 0 Å². The Labute approximate surface area is 146 Å². The van der Waals surface area contributed by atoms with Crippen LogP contribution in [-0.2, 0) is 0 Å². The van der Waals surface area contributed by atoms with E-state index in [1.807, 2.05) is 25.1 Å². The molecule has 3 nitrogen and oxygen atoms in total. The van der Waals surface area contributed by atoms with Gasteiger partial charge in [0, 0.05) is 21.7 Å². The summed E-state index contributed by atoms with van der Waals surface area (Å²) in [4.78, 5) is 12.5. The van der Waals surface area contributed by atoms with Crippen LogP contribution in [0.3, 0.4) is 0 Å². The third-order valence-corrected chi connectivity index (χ3v) is 4.69. The Balaban J connectivity index is 1.83. The maximum atomic E-state index is 12.5. The topological polar surface area (TPSA) is 42.2 Å². The molecule has 1 unspecified atom stereocenters. The molecule has 2 aromatic carbocycles. The van der Waals surface area contributed by atoms with Gasteiger partial charge in [0.15, 0.2) is 5.76 Å². The van der Waals surface area contributed by atoms with Gasteiger partial charge in [-0.2, -0.15) is 0 Å². The van der Waals surface area contributed by atoms with Crippen LogP contribution in [0.1, 0.15) is 47.9 Å². The number of halogens is 1. The van der Waals surface area contributed by atoms with Crippen LogP contribution in [0.15, 0.2) is 46.9 Å². The largest absolute Gasteiger partial charge is 0.451 e. The summed E-state index contributed by atoms with van der Waals surface area (Å²) in [5.41, 5.74) is 3.48. The first-order valence-electron chi connectivity index (χ1n) is 8.09. The summed E-state index contributed by atoms with van der Waals surface area (Å²) in [5, 5.41) is 4.38. The Hall–Kier alpha value is -2.26. The van der Waals surface area contributed by atoms with Crippen LogP contribution in [0.2, 0.25) is 5.02 Å². The average molecular weight is 342 g/mol. The smallest absolute Gasteiger partial charge is 0.291 e. The number of hydrogen-bond acceptors (Lipinski definition) is 2. The number of amides is 1. The normalized spacial score (nSPS) is 12.3. The number of hydrogen-bond donors (Lipinski definition) is 1. The maximum Gasteiger partial charge on any atom is 0.291 e. The summed E-state index contributed by atoms with van der Waals surface area (Å²) in [6, 6.07) is 13.3. The zero-order valence-corrected chi connectivity index (χ0v) is 14.8. The van der Waals surface area contributed by atoms with Gasteiger partial charge < -0.3 is 9.73 Å². The summed E-state index contributed by atoms with van der Waals surface area (Å²) < 4.78 is 5.70. The van der Waals surface area contributed by atoms with Crippen LogP contribution < -0.4 is 5.32 Å². The summed E-state index contributed by atoms with van der Waals surface area (Å²) >= 11 is 6.02. The zero-order valence-electron chi connectivity index (χ0n) is 14.0. The SMILES string of the molecule is CCC(C)c1ccc(NC(=O)c2oc3ccc(Cl)cc3c2C)cc1. The van der Waals surface area contributed by atoms with Gasteiger partial charge in [-0.05, 0) is 55.2 Å². The summed E-state index contributed by atoms with van der Waals surface area (Å²) in [5.74, 6) is 0.575. The summed E-state index contributed by atoms with van der Waals surface area (Å²) in [6.07, 6.45) is 1.09. The lowest BCUT2D eigenvalue weighted by Crippen LogP contribution is -2.12. The third-order valence-electron chi connectivity index (χ3n) is 4.45. The Morgan fingerprint density at radius 3 is 2.58 bits per heavy atom. The number of carbonyl (C=O) groups excluding carboxylic acids is 1. The van der Waals surface area contributed by atoms with E-state index in [-0.39, 0.29) is 5.91 Å². The van der Waals surface area contributed by atoms with Crippen LogP contribution in [-0.4, -0.2) is 5.91 Å². The van der Waals surface area contributed by atoms with Crippen molar-refractivity contribution in [1.29, 1.82) is 0 Å². The highest BCUT2D eigenvalue weighted by Crippen LogP contribution is 2.28. The first kappa shape index (κ1) is 16.6. The fourth-order valence-electron chi connectivity index (χ4n) is 2.73. The Morgan fingerprint density at radius 2 is 1.92 bits per heavy atom. The number of rotatable bonds is 4. The first-order valence-corrected chi connectivity index (χ1v) is 8.47. The predicted octanol–water partition coefficient (Wildman–Crippen LogP) is 6.16. The Morgan fingerprint density at radius 1 is 1.21 bits per heavy atom. The molecule has 24 heavy (non-hydrogen) atoms. The quantitative estimate of drug-likeness (QED) is 0.617. The molecule has 0 radical (unpaired) electrons. The van der Waals surface area contributed by atoms with E-state index in [2.05, 4.69) is 31.3 Å². The maximum absolute atomic E-state index is 12.5. The molecule has 1 aromatic heterocycles. The molecule has 0 spiro atoms. The van der Waals surface area contributed by atoms with Crippen LogP contribution in [0.25, 0.3) is 11.0 Å². The van der Waals surface area contributed by atoms with E-state index in [0.29, 0.717) is 22.3 Å². The molecule has 1 heterocycles. The minimum absolute atomic E-state index is 0.254. The molecule has 1 atom stereocenters. The summed E-state index contributed by atoms with van der Waals surface area (Å²) in [6.45, 7) is 6.22. The highest BCUT2D eigenvalue weighted by Gasteiger charge is 2.18. The van der Waals surface area contributed by atoms with Crippen molar-refractivity contribution in [3.8, 4) is 0 Å². The van der Waals surface area contributed by atoms with Crippen molar-refractivity contribution < 1.29 is 9.21 Å². The first-order chi connectivity index (χ1) is 11.5. The van der Waals surface area contributed by atoms with Gasteiger partial charge in [0.1, 0.15) is 5.58 Å². The molecule has 0 fully saturated rings. The molecule has 0 saturated carbocycles. The molecule has 1 N–H and O–H groups in total. The molecular formula is C20H20ClNO2. The standard InChI is InChI=1S/C20H20ClNO2/c1-4-12(2)14-5-8-16(9-6-14)22-20(23)19-13(3)17-11-15(21)7-10-18(17)24-19/h5-12H,4H2,1-3H3,(H,22,23). The fraction of sp³-hybridized carbons (Fsp3) is 0.250. The lowest BCUT2D eigenvalue weighted by molar-refractivity contribution is 0.0998. The third kappa shape index (κ3) is 3.17. The van der Waals surface area contributed by atoms with Crippen molar-refractivity contribution in [2.24, 2.45) is 0 Å². The van der Waals surface area contributed by atoms with E-state index in [9.17, 15) is 4.79 Å². The van der Waals surface area contributed by atoms with Gasteiger partial charge in [0.25, 0.3) is 5.91 Å². The van der Waals surface area contributed by atoms with E-state index >= 15 is 0 Å². The van der Waals surface area contributed by atoms with Crippen LogP contribution in [0, 0.1) is 6.92 Å². The minimum atomic E-state index is -0.254. The number of benzene rings is 2. The van der Waals surface area contributed by atoms with E-state index in [1.165, 1.54) is 5.56 Å². The minimum Gasteiger partial charge on any atom is -0.451 e. The second-order valence-electron chi connectivity index (χ2n) is 6.08. The highest BCUT2D eigenvalue weighted by molar-refractivity contribution is 6.31. The Bertz CT molecular complexity index is 881. The van der Waals surface area contributed by atoms with E-state index in [1.54, 1.807) is 12.1 Å². The summed E-state index contributed by atoms with van der Waals surface area (Å²) in [7, 11) is 0. The zero-order chi connectivity index (χ0) is 17.3. The molecule has 3 rings (SSSR count). The lowest BCUT2D eigenvalue weighted by Gasteiger charge is -2.10. The molecule has 0 bridgehead atoms. The van der Waals surface area contributed by atoms with E-state index in [0.717, 1.165) is 23.1 Å². The predicted molar refractivity (Wildman–Crippen MR) is 99.1 cm³/mol. The number of furan rings is 1. The Kier molecular flexibility index (Phi) is 4.63. The molecule has 0 aliphatic rings. The molecule has 124 valence electrons. The second kappa shape index (κ2) is 6.70. The molecule has 1 amide bonds. The van der Waals surface area contributed by atoms with Gasteiger partial charge in [-0.15, -0.1) is 0 Å². The van der Waals surface area contributed by atoms with E-state index in [4.69, 9.17) is 16.0 Å². The fourth-order valence-corrected chi connectivity index (χ4v) is 2.90. The molecule has 0 aliphatic heterocycles. The van der Waals surface area contributed by atoms with Crippen molar-refractivity contribution >= 4 is 34.2 Å². The average Bonchev–Trinajstić information content (AvgIpc) is 2.91. The molecule has 0 aliphatic carbocycles. The lowest BCUT2D eigenvalue weighted by atomic mass is 9.99. The van der Waals surface area contributed by atoms with Gasteiger partial charge in [-0.3, -0.25) is 4.79 Å².